The van der Waals surface area contributed by atoms with Crippen LogP contribution in [0.25, 0.3) is 0 Å². The topological polar surface area (TPSA) is 65.1 Å². The van der Waals surface area contributed by atoms with Crippen LogP contribution in [0.1, 0.15) is 124 Å². The van der Waals surface area contributed by atoms with Crippen molar-refractivity contribution >= 4 is 12.1 Å². The Balaban J connectivity index is 2.22. The number of unbranched alkanes of at least 4 members (excludes halogenated alkanes) is 9. The van der Waals surface area contributed by atoms with Gasteiger partial charge >= 0.3 is 12.1 Å². The lowest BCUT2D eigenvalue weighted by Crippen LogP contribution is -2.24. The molecular formula is C27H51NO5. The number of likely N-dealkylation sites (tertiary alicyclic amines) is 1. The summed E-state index contributed by atoms with van der Waals surface area (Å²) in [7, 11) is 0. The Labute approximate surface area is 203 Å². The van der Waals surface area contributed by atoms with Crippen molar-refractivity contribution in [3.63, 3.8) is 0 Å². The van der Waals surface area contributed by atoms with Gasteiger partial charge in [-0.05, 0) is 65.5 Å². The molecule has 6 heteroatoms. The van der Waals surface area contributed by atoms with Crippen LogP contribution in [0.2, 0.25) is 0 Å². The van der Waals surface area contributed by atoms with Gasteiger partial charge in [0.2, 0.25) is 0 Å². The SMILES string of the molecule is CCCCCCCCCCCCC(CCC(=O)OC(C)C)OC(=O)OCCCN1CCCC1. The second-order valence-corrected chi connectivity index (χ2v) is 9.79. The fourth-order valence-corrected chi connectivity index (χ4v) is 4.34. The maximum Gasteiger partial charge on any atom is 0.508 e. The van der Waals surface area contributed by atoms with Gasteiger partial charge in [0, 0.05) is 13.0 Å². The van der Waals surface area contributed by atoms with E-state index in [1.54, 1.807) is 0 Å². The van der Waals surface area contributed by atoms with E-state index >= 15 is 0 Å². The molecule has 0 spiro atoms. The first-order valence-corrected chi connectivity index (χ1v) is 13.8. The normalized spacial score (nSPS) is 15.0. The third-order valence-corrected chi connectivity index (χ3v) is 6.22. The zero-order valence-electron chi connectivity index (χ0n) is 21.8. The maximum absolute atomic E-state index is 12.2. The van der Waals surface area contributed by atoms with Crippen LogP contribution in [-0.2, 0) is 19.0 Å². The first-order valence-electron chi connectivity index (χ1n) is 13.8. The molecule has 0 N–H and O–H groups in total. The van der Waals surface area contributed by atoms with Crippen molar-refractivity contribution in [1.82, 2.24) is 4.90 Å². The summed E-state index contributed by atoms with van der Waals surface area (Å²) < 4.78 is 16.1. The second kappa shape index (κ2) is 20.1. The quantitative estimate of drug-likeness (QED) is 0.141. The molecule has 194 valence electrons. The second-order valence-electron chi connectivity index (χ2n) is 9.79. The van der Waals surface area contributed by atoms with Crippen LogP contribution in [0, 0.1) is 0 Å². The van der Waals surface area contributed by atoms with Crippen molar-refractivity contribution < 1.29 is 23.8 Å². The van der Waals surface area contributed by atoms with Gasteiger partial charge in [0.25, 0.3) is 0 Å². The van der Waals surface area contributed by atoms with Gasteiger partial charge in [0.15, 0.2) is 0 Å². The average Bonchev–Trinajstić information content (AvgIpc) is 3.29. The smallest absolute Gasteiger partial charge is 0.463 e. The van der Waals surface area contributed by atoms with E-state index in [9.17, 15) is 9.59 Å². The summed E-state index contributed by atoms with van der Waals surface area (Å²) in [4.78, 5) is 26.5. The first kappa shape index (κ1) is 29.7. The zero-order chi connectivity index (χ0) is 24.2. The summed E-state index contributed by atoms with van der Waals surface area (Å²) in [5, 5.41) is 0. The van der Waals surface area contributed by atoms with Gasteiger partial charge in [0.05, 0.1) is 12.7 Å². The number of esters is 1. The lowest BCUT2D eigenvalue weighted by atomic mass is 10.0. The Morgan fingerprint density at radius 3 is 2.00 bits per heavy atom. The van der Waals surface area contributed by atoms with E-state index in [1.165, 1.54) is 64.2 Å². The summed E-state index contributed by atoms with van der Waals surface area (Å²) in [6, 6.07) is 0. The van der Waals surface area contributed by atoms with Crippen LogP contribution < -0.4 is 0 Å². The van der Waals surface area contributed by atoms with Gasteiger partial charge in [-0.1, -0.05) is 64.7 Å². The van der Waals surface area contributed by atoms with Crippen molar-refractivity contribution in [2.24, 2.45) is 0 Å². The van der Waals surface area contributed by atoms with Crippen LogP contribution in [0.15, 0.2) is 0 Å². The molecule has 6 nitrogen and oxygen atoms in total. The van der Waals surface area contributed by atoms with E-state index in [0.717, 1.165) is 45.3 Å². The summed E-state index contributed by atoms with van der Waals surface area (Å²) in [5.74, 6) is -0.236. The minimum absolute atomic E-state index is 0.126. The standard InChI is InChI=1S/C27H51NO5/c1-4-5-6-7-8-9-10-11-12-13-17-25(18-19-26(29)32-24(2)3)33-27(30)31-23-16-22-28-20-14-15-21-28/h24-25H,4-23H2,1-3H3. The summed E-state index contributed by atoms with van der Waals surface area (Å²) in [5.41, 5.74) is 0. The Morgan fingerprint density at radius 1 is 0.788 bits per heavy atom. The average molecular weight is 470 g/mol. The molecule has 1 rings (SSSR count). The number of hydrogen-bond donors (Lipinski definition) is 0. The molecule has 0 bridgehead atoms. The fraction of sp³-hybridized carbons (Fsp3) is 0.926. The highest BCUT2D eigenvalue weighted by Gasteiger charge is 2.18. The van der Waals surface area contributed by atoms with Gasteiger partial charge in [-0.25, -0.2) is 4.79 Å². The summed E-state index contributed by atoms with van der Waals surface area (Å²) >= 11 is 0. The van der Waals surface area contributed by atoms with Crippen LogP contribution in [0.3, 0.4) is 0 Å². The molecule has 0 amide bonds. The largest absolute Gasteiger partial charge is 0.508 e. The van der Waals surface area contributed by atoms with Crippen molar-refractivity contribution in [3.8, 4) is 0 Å². The van der Waals surface area contributed by atoms with E-state index in [2.05, 4.69) is 11.8 Å². The number of rotatable bonds is 20. The third-order valence-electron chi connectivity index (χ3n) is 6.22. The molecule has 0 aromatic heterocycles. The van der Waals surface area contributed by atoms with Gasteiger partial charge in [-0.2, -0.15) is 0 Å². The molecule has 1 atom stereocenters. The highest BCUT2D eigenvalue weighted by Crippen LogP contribution is 2.17. The number of ether oxygens (including phenoxy) is 3. The highest BCUT2D eigenvalue weighted by atomic mass is 16.7. The molecule has 0 aromatic carbocycles. The molecule has 1 aliphatic rings. The summed E-state index contributed by atoms with van der Waals surface area (Å²) in [6.45, 7) is 9.59. The Kier molecular flexibility index (Phi) is 18.1. The number of carbonyl (C=O) groups excluding carboxylic acids is 2. The lowest BCUT2D eigenvalue weighted by Gasteiger charge is -2.18. The van der Waals surface area contributed by atoms with Gasteiger partial charge in [0.1, 0.15) is 6.10 Å². The molecular weight excluding hydrogens is 418 g/mol. The molecule has 1 aliphatic heterocycles. The molecule has 0 saturated carbocycles. The maximum atomic E-state index is 12.2. The molecule has 1 heterocycles. The molecule has 33 heavy (non-hydrogen) atoms. The van der Waals surface area contributed by atoms with Gasteiger partial charge in [-0.15, -0.1) is 0 Å². The van der Waals surface area contributed by atoms with Gasteiger partial charge < -0.3 is 19.1 Å². The van der Waals surface area contributed by atoms with E-state index in [0.29, 0.717) is 13.0 Å². The van der Waals surface area contributed by atoms with Crippen LogP contribution in [0.4, 0.5) is 4.79 Å². The van der Waals surface area contributed by atoms with Crippen LogP contribution in [0.5, 0.6) is 0 Å². The predicted octanol–water partition coefficient (Wildman–Crippen LogP) is 7.04. The van der Waals surface area contributed by atoms with E-state index in [4.69, 9.17) is 14.2 Å². The molecule has 1 fully saturated rings. The fourth-order valence-electron chi connectivity index (χ4n) is 4.34. The number of hydrogen-bond acceptors (Lipinski definition) is 6. The molecule has 1 saturated heterocycles. The van der Waals surface area contributed by atoms with E-state index < -0.39 is 6.16 Å². The zero-order valence-corrected chi connectivity index (χ0v) is 21.8. The van der Waals surface area contributed by atoms with Crippen LogP contribution in [-0.4, -0.2) is 55.5 Å². The molecule has 0 aliphatic carbocycles. The highest BCUT2D eigenvalue weighted by molar-refractivity contribution is 5.69. The Hall–Kier alpha value is -1.30. The minimum atomic E-state index is -0.606. The third kappa shape index (κ3) is 17.8. The van der Waals surface area contributed by atoms with Crippen molar-refractivity contribution in [3.05, 3.63) is 0 Å². The molecule has 0 aromatic rings. The number of nitrogens with zero attached hydrogens (tertiary/aromatic N) is 1. The first-order chi connectivity index (χ1) is 16.0. The monoisotopic (exact) mass is 469 g/mol. The van der Waals surface area contributed by atoms with E-state index in [-0.39, 0.29) is 24.6 Å². The van der Waals surface area contributed by atoms with Crippen molar-refractivity contribution in [1.29, 1.82) is 0 Å². The van der Waals surface area contributed by atoms with E-state index in [1.807, 2.05) is 13.8 Å². The lowest BCUT2D eigenvalue weighted by molar-refractivity contribution is -0.148. The van der Waals surface area contributed by atoms with Crippen LogP contribution >= 0.6 is 0 Å². The minimum Gasteiger partial charge on any atom is -0.463 e. The molecule has 0 radical (unpaired) electrons. The Bertz CT molecular complexity index is 491. The summed E-state index contributed by atoms with van der Waals surface area (Å²) in [6.07, 6.45) is 16.5. The predicted molar refractivity (Wildman–Crippen MR) is 133 cm³/mol. The Morgan fingerprint density at radius 2 is 1.39 bits per heavy atom. The molecule has 1 unspecified atom stereocenters. The number of carbonyl (C=O) groups is 2. The van der Waals surface area contributed by atoms with Crippen molar-refractivity contribution in [2.45, 2.75) is 136 Å². The van der Waals surface area contributed by atoms with Crippen molar-refractivity contribution in [2.75, 3.05) is 26.2 Å². The van der Waals surface area contributed by atoms with Gasteiger partial charge in [-0.3, -0.25) is 4.79 Å².